The molecule has 2 rings (SSSR count). The number of hydrogen-bond acceptors (Lipinski definition) is 2. The van der Waals surface area contributed by atoms with Crippen LogP contribution in [0.5, 0.6) is 0 Å². The standard InChI is InChI=1S/C16H18BrClN2/c1-20(11-13-4-2-3-5-15(13)17)14-7-6-12(8-9-19)16(18)10-14/h2-7,10H,8-9,11,19H2,1H3. The molecule has 2 aromatic carbocycles. The predicted octanol–water partition coefficient (Wildman–Crippen LogP) is 4.24. The Balaban J connectivity index is 2.15. The van der Waals surface area contributed by atoms with Gasteiger partial charge in [0.15, 0.2) is 0 Å². The van der Waals surface area contributed by atoms with Crippen molar-refractivity contribution in [3.05, 3.63) is 63.1 Å². The Labute approximate surface area is 133 Å². The van der Waals surface area contributed by atoms with E-state index >= 15 is 0 Å². The van der Waals surface area contributed by atoms with Gasteiger partial charge in [0.05, 0.1) is 0 Å². The van der Waals surface area contributed by atoms with Crippen molar-refractivity contribution in [2.45, 2.75) is 13.0 Å². The molecule has 0 saturated heterocycles. The summed E-state index contributed by atoms with van der Waals surface area (Å²) < 4.78 is 1.12. The van der Waals surface area contributed by atoms with Crippen LogP contribution < -0.4 is 10.6 Å². The van der Waals surface area contributed by atoms with Crippen molar-refractivity contribution in [2.75, 3.05) is 18.5 Å². The molecule has 106 valence electrons. The van der Waals surface area contributed by atoms with E-state index in [9.17, 15) is 0 Å². The van der Waals surface area contributed by atoms with E-state index in [1.54, 1.807) is 0 Å². The zero-order valence-electron chi connectivity index (χ0n) is 11.4. The van der Waals surface area contributed by atoms with Crippen LogP contribution in [0, 0.1) is 0 Å². The highest BCUT2D eigenvalue weighted by Gasteiger charge is 2.07. The molecule has 0 aliphatic heterocycles. The molecular formula is C16H18BrClN2. The van der Waals surface area contributed by atoms with Crippen LogP contribution in [0.15, 0.2) is 46.9 Å². The van der Waals surface area contributed by atoms with Gasteiger partial charge in [-0.15, -0.1) is 0 Å². The minimum absolute atomic E-state index is 0.617. The number of nitrogens with two attached hydrogens (primary N) is 1. The molecule has 0 aliphatic carbocycles. The minimum atomic E-state index is 0.617. The van der Waals surface area contributed by atoms with Gasteiger partial charge in [-0.25, -0.2) is 0 Å². The van der Waals surface area contributed by atoms with E-state index in [1.165, 1.54) is 5.56 Å². The Morgan fingerprint density at radius 1 is 1.15 bits per heavy atom. The number of hydrogen-bond donors (Lipinski definition) is 1. The molecule has 0 fully saturated rings. The van der Waals surface area contributed by atoms with Crippen LogP contribution in [0.2, 0.25) is 5.02 Å². The van der Waals surface area contributed by atoms with Crippen LogP contribution in [0.1, 0.15) is 11.1 Å². The zero-order chi connectivity index (χ0) is 14.5. The Morgan fingerprint density at radius 3 is 2.55 bits per heavy atom. The van der Waals surface area contributed by atoms with Crippen LogP contribution in [0.3, 0.4) is 0 Å². The summed E-state index contributed by atoms with van der Waals surface area (Å²) in [6.07, 6.45) is 0.813. The van der Waals surface area contributed by atoms with Gasteiger partial charge in [0.25, 0.3) is 0 Å². The molecule has 2 nitrogen and oxygen atoms in total. The number of rotatable bonds is 5. The van der Waals surface area contributed by atoms with Crippen molar-refractivity contribution in [2.24, 2.45) is 5.73 Å². The Morgan fingerprint density at radius 2 is 1.90 bits per heavy atom. The number of halogens is 2. The first-order chi connectivity index (χ1) is 9.61. The molecule has 0 amide bonds. The maximum Gasteiger partial charge on any atom is 0.0459 e. The summed E-state index contributed by atoms with van der Waals surface area (Å²) in [4.78, 5) is 2.18. The molecule has 0 saturated carbocycles. The highest BCUT2D eigenvalue weighted by molar-refractivity contribution is 9.10. The Hall–Kier alpha value is -1.03. The second kappa shape index (κ2) is 7.11. The first-order valence-electron chi connectivity index (χ1n) is 6.55. The predicted molar refractivity (Wildman–Crippen MR) is 90.5 cm³/mol. The van der Waals surface area contributed by atoms with Crippen LogP contribution >= 0.6 is 27.5 Å². The summed E-state index contributed by atoms with van der Waals surface area (Å²) in [5.74, 6) is 0. The van der Waals surface area contributed by atoms with Crippen molar-refractivity contribution in [3.63, 3.8) is 0 Å². The van der Waals surface area contributed by atoms with E-state index in [-0.39, 0.29) is 0 Å². The van der Waals surface area contributed by atoms with Gasteiger partial charge in [-0.1, -0.05) is 51.8 Å². The van der Waals surface area contributed by atoms with Gasteiger partial charge in [-0.3, -0.25) is 0 Å². The summed E-state index contributed by atoms with van der Waals surface area (Å²) in [6.45, 7) is 1.44. The Bertz CT molecular complexity index is 586. The van der Waals surface area contributed by atoms with Crippen LogP contribution in [0.25, 0.3) is 0 Å². The van der Waals surface area contributed by atoms with Gasteiger partial charge in [0.2, 0.25) is 0 Å². The highest BCUT2D eigenvalue weighted by Crippen LogP contribution is 2.25. The fraction of sp³-hybridized carbons (Fsp3) is 0.250. The molecule has 20 heavy (non-hydrogen) atoms. The van der Waals surface area contributed by atoms with Gasteiger partial charge >= 0.3 is 0 Å². The van der Waals surface area contributed by atoms with E-state index in [2.05, 4.69) is 52.1 Å². The third kappa shape index (κ3) is 3.75. The summed E-state index contributed by atoms with van der Waals surface area (Å²) >= 11 is 9.87. The van der Waals surface area contributed by atoms with E-state index in [0.717, 1.165) is 33.7 Å². The lowest BCUT2D eigenvalue weighted by Gasteiger charge is -2.21. The van der Waals surface area contributed by atoms with Crippen molar-refractivity contribution in [1.82, 2.24) is 0 Å². The van der Waals surface area contributed by atoms with E-state index in [0.29, 0.717) is 6.54 Å². The summed E-state index contributed by atoms with van der Waals surface area (Å²) in [5, 5.41) is 0.784. The summed E-state index contributed by atoms with van der Waals surface area (Å²) in [5.41, 5.74) is 9.03. The summed E-state index contributed by atoms with van der Waals surface area (Å²) in [6, 6.07) is 14.4. The molecule has 0 heterocycles. The van der Waals surface area contributed by atoms with Gasteiger partial charge in [0.1, 0.15) is 0 Å². The highest BCUT2D eigenvalue weighted by atomic mass is 79.9. The normalized spacial score (nSPS) is 10.6. The average molecular weight is 354 g/mol. The fourth-order valence-corrected chi connectivity index (χ4v) is 2.78. The SMILES string of the molecule is CN(Cc1ccccc1Br)c1ccc(CCN)c(Cl)c1. The monoisotopic (exact) mass is 352 g/mol. The third-order valence-electron chi connectivity index (χ3n) is 3.26. The maximum atomic E-state index is 6.30. The van der Waals surface area contributed by atoms with Gasteiger partial charge in [-0.2, -0.15) is 0 Å². The first-order valence-corrected chi connectivity index (χ1v) is 7.72. The molecule has 2 aromatic rings. The molecule has 0 radical (unpaired) electrons. The zero-order valence-corrected chi connectivity index (χ0v) is 13.8. The molecule has 0 unspecified atom stereocenters. The number of anilines is 1. The lowest BCUT2D eigenvalue weighted by Crippen LogP contribution is -2.16. The van der Waals surface area contributed by atoms with Crippen molar-refractivity contribution in [3.8, 4) is 0 Å². The third-order valence-corrected chi connectivity index (χ3v) is 4.38. The topological polar surface area (TPSA) is 29.3 Å². The average Bonchev–Trinajstić information content (AvgIpc) is 2.43. The molecular weight excluding hydrogens is 336 g/mol. The van der Waals surface area contributed by atoms with Crippen molar-refractivity contribution < 1.29 is 0 Å². The largest absolute Gasteiger partial charge is 0.370 e. The van der Waals surface area contributed by atoms with Crippen LogP contribution in [0.4, 0.5) is 5.69 Å². The molecule has 0 bridgehead atoms. The second-order valence-electron chi connectivity index (χ2n) is 4.76. The fourth-order valence-electron chi connectivity index (χ4n) is 2.11. The molecule has 0 spiro atoms. The van der Waals surface area contributed by atoms with Crippen LogP contribution in [-0.2, 0) is 13.0 Å². The van der Waals surface area contributed by atoms with Crippen molar-refractivity contribution in [1.29, 1.82) is 0 Å². The molecule has 0 aromatic heterocycles. The smallest absolute Gasteiger partial charge is 0.0459 e. The first kappa shape index (κ1) is 15.4. The molecule has 0 aliphatic rings. The van der Waals surface area contributed by atoms with E-state index in [4.69, 9.17) is 17.3 Å². The van der Waals surface area contributed by atoms with E-state index in [1.807, 2.05) is 18.2 Å². The van der Waals surface area contributed by atoms with E-state index < -0.39 is 0 Å². The molecule has 0 atom stereocenters. The summed E-state index contributed by atoms with van der Waals surface area (Å²) in [7, 11) is 2.06. The maximum absolute atomic E-state index is 6.30. The Kier molecular flexibility index (Phi) is 5.46. The second-order valence-corrected chi connectivity index (χ2v) is 6.02. The van der Waals surface area contributed by atoms with Crippen molar-refractivity contribution >= 4 is 33.2 Å². The van der Waals surface area contributed by atoms with Gasteiger partial charge in [0, 0.05) is 28.8 Å². The van der Waals surface area contributed by atoms with Gasteiger partial charge in [-0.05, 0) is 42.3 Å². The molecule has 4 heteroatoms. The minimum Gasteiger partial charge on any atom is -0.370 e. The quantitative estimate of drug-likeness (QED) is 0.871. The van der Waals surface area contributed by atoms with Gasteiger partial charge < -0.3 is 10.6 Å². The van der Waals surface area contributed by atoms with Crippen LogP contribution in [-0.4, -0.2) is 13.6 Å². The molecule has 2 N–H and O–H groups in total. The lowest BCUT2D eigenvalue weighted by atomic mass is 10.1. The number of benzene rings is 2. The number of nitrogens with zero attached hydrogens (tertiary/aromatic N) is 1. The lowest BCUT2D eigenvalue weighted by molar-refractivity contribution is 0.915.